The predicted molar refractivity (Wildman–Crippen MR) is 82.7 cm³/mol. The maximum atomic E-state index is 12.2. The van der Waals surface area contributed by atoms with E-state index in [1.54, 1.807) is 13.2 Å². The summed E-state index contributed by atoms with van der Waals surface area (Å²) in [6.07, 6.45) is 3.20. The van der Waals surface area contributed by atoms with E-state index in [0.717, 1.165) is 36.1 Å². The molecule has 0 saturated carbocycles. The minimum absolute atomic E-state index is 0.0671. The quantitative estimate of drug-likeness (QED) is 0.932. The second kappa shape index (κ2) is 5.74. The van der Waals surface area contributed by atoms with E-state index in [0.29, 0.717) is 13.1 Å². The number of aromatic nitrogens is 1. The van der Waals surface area contributed by atoms with E-state index >= 15 is 0 Å². The van der Waals surface area contributed by atoms with Crippen LogP contribution in [0.15, 0.2) is 35.1 Å². The lowest BCUT2D eigenvalue weighted by molar-refractivity contribution is 0.409. The van der Waals surface area contributed by atoms with Crippen molar-refractivity contribution in [3.63, 3.8) is 0 Å². The number of methoxy groups -OCH3 is 1. The fraction of sp³-hybridized carbons (Fsp3) is 0.353. The monoisotopic (exact) mass is 284 g/mol. The molecular formula is C17H20N2O2. The maximum Gasteiger partial charge on any atom is 0.251 e. The molecule has 21 heavy (non-hydrogen) atoms. The van der Waals surface area contributed by atoms with E-state index in [1.165, 1.54) is 11.3 Å². The van der Waals surface area contributed by atoms with Crippen molar-refractivity contribution in [3.8, 4) is 5.75 Å². The molecule has 0 saturated heterocycles. The van der Waals surface area contributed by atoms with Gasteiger partial charge in [0.25, 0.3) is 5.56 Å². The van der Waals surface area contributed by atoms with Crippen molar-refractivity contribution in [2.24, 2.45) is 5.73 Å². The molecule has 1 aromatic carbocycles. The van der Waals surface area contributed by atoms with Crippen molar-refractivity contribution in [1.82, 2.24) is 4.57 Å². The molecule has 0 unspecified atom stereocenters. The van der Waals surface area contributed by atoms with Gasteiger partial charge in [-0.2, -0.15) is 0 Å². The molecule has 1 heterocycles. The Labute approximate surface area is 124 Å². The first kappa shape index (κ1) is 13.9. The van der Waals surface area contributed by atoms with Gasteiger partial charge in [0.1, 0.15) is 5.75 Å². The first-order valence-electron chi connectivity index (χ1n) is 7.30. The van der Waals surface area contributed by atoms with Gasteiger partial charge >= 0.3 is 0 Å². The number of nitrogens with two attached hydrogens (primary N) is 1. The van der Waals surface area contributed by atoms with Crippen molar-refractivity contribution in [2.75, 3.05) is 7.11 Å². The number of benzene rings is 1. The third-order valence-corrected chi connectivity index (χ3v) is 4.16. The summed E-state index contributed by atoms with van der Waals surface area (Å²) in [5, 5.41) is 0. The topological polar surface area (TPSA) is 57.2 Å². The summed E-state index contributed by atoms with van der Waals surface area (Å²) in [5.74, 6) is 0.788. The first-order valence-corrected chi connectivity index (χ1v) is 7.30. The summed E-state index contributed by atoms with van der Waals surface area (Å²) in [7, 11) is 1.64. The lowest BCUT2D eigenvalue weighted by Crippen LogP contribution is -2.23. The Hall–Kier alpha value is -2.07. The summed E-state index contributed by atoms with van der Waals surface area (Å²) in [6.45, 7) is 1.04. The molecule has 1 aliphatic rings. The molecule has 110 valence electrons. The van der Waals surface area contributed by atoms with Gasteiger partial charge in [-0.1, -0.05) is 18.2 Å². The SMILES string of the molecule is COc1cc(Cn2c3c(ccc2=O)CCC3)ccc1CN. The molecule has 0 fully saturated rings. The standard InChI is InChI=1S/C17H20N2O2/c1-21-16-9-12(5-6-14(16)10-18)11-19-15-4-2-3-13(15)7-8-17(19)20/h5-9H,2-4,10-11,18H2,1H3. The minimum Gasteiger partial charge on any atom is -0.496 e. The van der Waals surface area contributed by atoms with E-state index in [9.17, 15) is 4.79 Å². The van der Waals surface area contributed by atoms with E-state index in [2.05, 4.69) is 0 Å². The van der Waals surface area contributed by atoms with Crippen LogP contribution in [0.5, 0.6) is 5.75 Å². The van der Waals surface area contributed by atoms with Crippen molar-refractivity contribution >= 4 is 0 Å². The Kier molecular flexibility index (Phi) is 3.80. The number of aryl methyl sites for hydroxylation is 1. The number of rotatable bonds is 4. The highest BCUT2D eigenvalue weighted by molar-refractivity contribution is 5.38. The number of pyridine rings is 1. The number of hydrogen-bond acceptors (Lipinski definition) is 3. The van der Waals surface area contributed by atoms with Crippen LogP contribution in [0.25, 0.3) is 0 Å². The van der Waals surface area contributed by atoms with Crippen LogP contribution in [0, 0.1) is 0 Å². The molecule has 0 bridgehead atoms. The van der Waals surface area contributed by atoms with Crippen LogP contribution in [0.3, 0.4) is 0 Å². The molecule has 1 aliphatic carbocycles. The van der Waals surface area contributed by atoms with Gasteiger partial charge in [-0.05, 0) is 36.5 Å². The van der Waals surface area contributed by atoms with Gasteiger partial charge in [-0.15, -0.1) is 0 Å². The van der Waals surface area contributed by atoms with Crippen molar-refractivity contribution in [1.29, 1.82) is 0 Å². The number of ether oxygens (including phenoxy) is 1. The van der Waals surface area contributed by atoms with Crippen molar-refractivity contribution < 1.29 is 4.74 Å². The van der Waals surface area contributed by atoms with Crippen molar-refractivity contribution in [2.45, 2.75) is 32.4 Å². The second-order valence-corrected chi connectivity index (χ2v) is 5.43. The van der Waals surface area contributed by atoms with Crippen LogP contribution in [0.1, 0.15) is 28.8 Å². The fourth-order valence-corrected chi connectivity index (χ4v) is 3.05. The number of nitrogens with zero attached hydrogens (tertiary/aromatic N) is 1. The Morgan fingerprint density at radius 1 is 1.24 bits per heavy atom. The molecule has 0 radical (unpaired) electrons. The molecule has 2 N–H and O–H groups in total. The summed E-state index contributed by atoms with van der Waals surface area (Å²) >= 11 is 0. The first-order chi connectivity index (χ1) is 10.2. The van der Waals surface area contributed by atoms with E-state index in [1.807, 2.05) is 28.8 Å². The molecule has 2 aromatic rings. The van der Waals surface area contributed by atoms with E-state index < -0.39 is 0 Å². The summed E-state index contributed by atoms with van der Waals surface area (Å²) in [4.78, 5) is 12.2. The molecule has 4 nitrogen and oxygen atoms in total. The van der Waals surface area contributed by atoms with Crippen LogP contribution >= 0.6 is 0 Å². The average Bonchev–Trinajstić information content (AvgIpc) is 2.98. The van der Waals surface area contributed by atoms with E-state index in [-0.39, 0.29) is 5.56 Å². The lowest BCUT2D eigenvalue weighted by Gasteiger charge is -2.14. The minimum atomic E-state index is 0.0671. The summed E-state index contributed by atoms with van der Waals surface area (Å²) in [6, 6.07) is 9.62. The van der Waals surface area contributed by atoms with Gasteiger partial charge in [-0.3, -0.25) is 4.79 Å². The van der Waals surface area contributed by atoms with Gasteiger partial charge in [0.05, 0.1) is 13.7 Å². The second-order valence-electron chi connectivity index (χ2n) is 5.43. The molecule has 0 atom stereocenters. The van der Waals surface area contributed by atoms with Gasteiger partial charge in [0, 0.05) is 23.9 Å². The van der Waals surface area contributed by atoms with Gasteiger partial charge in [0.15, 0.2) is 0 Å². The molecule has 0 spiro atoms. The van der Waals surface area contributed by atoms with Gasteiger partial charge < -0.3 is 15.0 Å². The predicted octanol–water partition coefficient (Wildman–Crippen LogP) is 1.85. The number of fused-ring (bicyclic) bond motifs is 1. The molecule has 0 amide bonds. The Morgan fingerprint density at radius 3 is 2.86 bits per heavy atom. The molecule has 3 rings (SSSR count). The third-order valence-electron chi connectivity index (χ3n) is 4.16. The van der Waals surface area contributed by atoms with Crippen molar-refractivity contribution in [3.05, 3.63) is 63.1 Å². The van der Waals surface area contributed by atoms with Crippen LogP contribution in [0.2, 0.25) is 0 Å². The Morgan fingerprint density at radius 2 is 2.10 bits per heavy atom. The number of hydrogen-bond donors (Lipinski definition) is 1. The summed E-state index contributed by atoms with van der Waals surface area (Å²) < 4.78 is 7.26. The molecule has 4 heteroatoms. The maximum absolute atomic E-state index is 12.2. The molecule has 0 aliphatic heterocycles. The fourth-order valence-electron chi connectivity index (χ4n) is 3.05. The highest BCUT2D eigenvalue weighted by Gasteiger charge is 2.16. The highest BCUT2D eigenvalue weighted by Crippen LogP contribution is 2.23. The van der Waals surface area contributed by atoms with Crippen LogP contribution < -0.4 is 16.0 Å². The van der Waals surface area contributed by atoms with Gasteiger partial charge in [0.2, 0.25) is 0 Å². The van der Waals surface area contributed by atoms with Crippen LogP contribution in [0.4, 0.5) is 0 Å². The Balaban J connectivity index is 1.98. The van der Waals surface area contributed by atoms with Crippen LogP contribution in [-0.2, 0) is 25.9 Å². The summed E-state index contributed by atoms with van der Waals surface area (Å²) in [5.41, 5.74) is 10.3. The normalized spacial score (nSPS) is 13.2. The highest BCUT2D eigenvalue weighted by atomic mass is 16.5. The molecular weight excluding hydrogens is 264 g/mol. The Bertz CT molecular complexity index is 719. The zero-order valence-electron chi connectivity index (χ0n) is 12.3. The third kappa shape index (κ3) is 2.59. The zero-order chi connectivity index (χ0) is 14.8. The average molecular weight is 284 g/mol. The molecule has 1 aromatic heterocycles. The largest absolute Gasteiger partial charge is 0.496 e. The zero-order valence-corrected chi connectivity index (χ0v) is 12.3. The lowest BCUT2D eigenvalue weighted by atomic mass is 10.1. The van der Waals surface area contributed by atoms with Crippen LogP contribution in [-0.4, -0.2) is 11.7 Å². The van der Waals surface area contributed by atoms with E-state index in [4.69, 9.17) is 10.5 Å². The van der Waals surface area contributed by atoms with Gasteiger partial charge in [-0.25, -0.2) is 0 Å². The smallest absolute Gasteiger partial charge is 0.251 e.